The number of aliphatic imine (C=N–C) groups is 1. The van der Waals surface area contributed by atoms with Crippen LogP contribution in [0.2, 0.25) is 0 Å². The zero-order valence-corrected chi connectivity index (χ0v) is 18.9. The van der Waals surface area contributed by atoms with Crippen LogP contribution in [0, 0.1) is 0 Å². The third-order valence-electron chi connectivity index (χ3n) is 5.29. The Morgan fingerprint density at radius 3 is 2.84 bits per heavy atom. The van der Waals surface area contributed by atoms with Gasteiger partial charge in [-0.05, 0) is 37.3 Å². The highest BCUT2D eigenvalue weighted by Gasteiger charge is 2.31. The number of hydrogen-bond donors (Lipinski definition) is 2. The van der Waals surface area contributed by atoms with Gasteiger partial charge < -0.3 is 15.0 Å². The SMILES string of the molecule is C[C@H](N=C1NS(=O)(=O)c2ccccc21)C(=O)Nc1ccc2nc(N3CCOCC3)sc2c1. The number of amides is 1. The summed E-state index contributed by atoms with van der Waals surface area (Å²) in [6.07, 6.45) is 0. The number of rotatable bonds is 4. The fraction of sp³-hybridized carbons (Fsp3) is 0.286. The van der Waals surface area contributed by atoms with Crippen molar-refractivity contribution < 1.29 is 17.9 Å². The molecular weight excluding hydrogens is 450 g/mol. The number of amidine groups is 1. The number of morpholine rings is 1. The highest BCUT2D eigenvalue weighted by atomic mass is 32.2. The first-order valence-electron chi connectivity index (χ1n) is 10.1. The van der Waals surface area contributed by atoms with Crippen molar-refractivity contribution in [3.8, 4) is 0 Å². The summed E-state index contributed by atoms with van der Waals surface area (Å²) in [6, 6.07) is 11.3. The number of anilines is 2. The van der Waals surface area contributed by atoms with Crippen LogP contribution in [0.15, 0.2) is 52.4 Å². The number of thiazole rings is 1. The Hall–Kier alpha value is -3.02. The third-order valence-corrected chi connectivity index (χ3v) is 7.77. The Kier molecular flexibility index (Phi) is 5.31. The maximum Gasteiger partial charge on any atom is 0.263 e. The average molecular weight is 472 g/mol. The largest absolute Gasteiger partial charge is 0.378 e. The van der Waals surface area contributed by atoms with Gasteiger partial charge in [-0.25, -0.2) is 13.4 Å². The molecule has 0 aliphatic carbocycles. The Labute approximate surface area is 189 Å². The predicted octanol–water partition coefficient (Wildman–Crippen LogP) is 2.20. The van der Waals surface area contributed by atoms with E-state index in [1.54, 1.807) is 42.5 Å². The fourth-order valence-electron chi connectivity index (χ4n) is 3.61. The van der Waals surface area contributed by atoms with Gasteiger partial charge in [-0.3, -0.25) is 14.5 Å². The summed E-state index contributed by atoms with van der Waals surface area (Å²) in [7, 11) is -3.65. The number of fused-ring (bicyclic) bond motifs is 2. The number of nitrogens with one attached hydrogen (secondary N) is 2. The van der Waals surface area contributed by atoms with Crippen LogP contribution < -0.4 is 14.9 Å². The zero-order valence-electron chi connectivity index (χ0n) is 17.2. The second-order valence-electron chi connectivity index (χ2n) is 7.52. The molecule has 3 aromatic rings. The van der Waals surface area contributed by atoms with Crippen molar-refractivity contribution in [3.05, 3.63) is 48.0 Å². The van der Waals surface area contributed by atoms with Crippen LogP contribution in [0.1, 0.15) is 12.5 Å². The molecule has 1 amide bonds. The van der Waals surface area contributed by atoms with Gasteiger partial charge in [0.1, 0.15) is 11.9 Å². The minimum atomic E-state index is -3.65. The minimum Gasteiger partial charge on any atom is -0.378 e. The van der Waals surface area contributed by atoms with E-state index in [0.29, 0.717) is 24.5 Å². The first-order chi connectivity index (χ1) is 15.4. The van der Waals surface area contributed by atoms with E-state index in [2.05, 4.69) is 24.9 Å². The van der Waals surface area contributed by atoms with E-state index in [-0.39, 0.29) is 16.6 Å². The molecule has 0 saturated carbocycles. The monoisotopic (exact) mass is 471 g/mol. The molecule has 0 spiro atoms. The van der Waals surface area contributed by atoms with Gasteiger partial charge >= 0.3 is 0 Å². The van der Waals surface area contributed by atoms with Crippen LogP contribution in [0.4, 0.5) is 10.8 Å². The lowest BCUT2D eigenvalue weighted by molar-refractivity contribution is -0.117. The van der Waals surface area contributed by atoms with Crippen molar-refractivity contribution in [3.63, 3.8) is 0 Å². The molecule has 2 N–H and O–H groups in total. The van der Waals surface area contributed by atoms with E-state index in [4.69, 9.17) is 4.74 Å². The lowest BCUT2D eigenvalue weighted by Gasteiger charge is -2.25. The Morgan fingerprint density at radius 1 is 1.25 bits per heavy atom. The number of hydrogen-bond acceptors (Lipinski definition) is 8. The Bertz CT molecular complexity index is 1330. The summed E-state index contributed by atoms with van der Waals surface area (Å²) in [5.41, 5.74) is 1.98. The molecule has 0 radical (unpaired) electrons. The molecule has 0 bridgehead atoms. The predicted molar refractivity (Wildman–Crippen MR) is 124 cm³/mol. The number of ether oxygens (including phenoxy) is 1. The topological polar surface area (TPSA) is 113 Å². The van der Waals surface area contributed by atoms with Crippen molar-refractivity contribution in [1.82, 2.24) is 9.71 Å². The summed E-state index contributed by atoms with van der Waals surface area (Å²) in [6.45, 7) is 4.64. The Balaban J connectivity index is 1.33. The highest BCUT2D eigenvalue weighted by molar-refractivity contribution is 7.90. The second kappa shape index (κ2) is 8.15. The fourth-order valence-corrected chi connectivity index (χ4v) is 5.90. The number of nitrogens with zero attached hydrogens (tertiary/aromatic N) is 3. The summed E-state index contributed by atoms with van der Waals surface area (Å²) >= 11 is 1.58. The first kappa shape index (κ1) is 20.9. The maximum absolute atomic E-state index is 12.7. The standard InChI is InChI=1S/C21H21N5O4S2/c1-13(22-19-15-4-2-3-5-18(15)32(28,29)25-19)20(27)23-14-6-7-16-17(12-14)31-21(24-16)26-8-10-30-11-9-26/h2-7,12-13H,8-11H2,1H3,(H,22,25)(H,23,27)/t13-/m0/s1. The molecule has 9 nitrogen and oxygen atoms in total. The van der Waals surface area contributed by atoms with Gasteiger partial charge in [0.05, 0.1) is 28.3 Å². The van der Waals surface area contributed by atoms with Crippen LogP contribution in [-0.4, -0.2) is 57.5 Å². The molecular formula is C21H21N5O4S2. The van der Waals surface area contributed by atoms with Crippen LogP contribution in [0.25, 0.3) is 10.2 Å². The molecule has 2 aromatic carbocycles. The van der Waals surface area contributed by atoms with Crippen LogP contribution >= 0.6 is 11.3 Å². The van der Waals surface area contributed by atoms with E-state index in [1.807, 2.05) is 12.1 Å². The molecule has 0 unspecified atom stereocenters. The van der Waals surface area contributed by atoms with E-state index in [1.165, 1.54) is 6.07 Å². The van der Waals surface area contributed by atoms with Crippen LogP contribution in [0.5, 0.6) is 0 Å². The van der Waals surface area contributed by atoms with Crippen molar-refractivity contribution in [2.75, 3.05) is 36.5 Å². The summed E-state index contributed by atoms with van der Waals surface area (Å²) in [5.74, 6) is -0.158. The minimum absolute atomic E-state index is 0.165. The lowest BCUT2D eigenvalue weighted by Crippen LogP contribution is -2.36. The van der Waals surface area contributed by atoms with Gasteiger partial charge in [0, 0.05) is 24.3 Å². The molecule has 5 rings (SSSR count). The molecule has 2 aliphatic heterocycles. The molecule has 3 heterocycles. The number of carbonyl (C=O) groups excluding carboxylic acids is 1. The Morgan fingerprint density at radius 2 is 2.03 bits per heavy atom. The number of carbonyl (C=O) groups is 1. The molecule has 1 saturated heterocycles. The summed E-state index contributed by atoms with van der Waals surface area (Å²) in [4.78, 5) is 24.1. The molecule has 1 aromatic heterocycles. The number of benzene rings is 2. The van der Waals surface area contributed by atoms with Gasteiger partial charge in [0.25, 0.3) is 10.0 Å². The van der Waals surface area contributed by atoms with Gasteiger partial charge in [-0.2, -0.15) is 0 Å². The normalized spacial score (nSPS) is 19.5. The van der Waals surface area contributed by atoms with Crippen molar-refractivity contribution in [2.24, 2.45) is 4.99 Å². The molecule has 2 aliphatic rings. The highest BCUT2D eigenvalue weighted by Crippen LogP contribution is 2.31. The van der Waals surface area contributed by atoms with Gasteiger partial charge in [-0.15, -0.1) is 0 Å². The third kappa shape index (κ3) is 3.94. The van der Waals surface area contributed by atoms with E-state index in [9.17, 15) is 13.2 Å². The average Bonchev–Trinajstić information content (AvgIpc) is 3.33. The second-order valence-corrected chi connectivity index (χ2v) is 10.2. The number of sulfonamides is 1. The molecule has 1 fully saturated rings. The summed E-state index contributed by atoms with van der Waals surface area (Å²) < 4.78 is 33.3. The number of aromatic nitrogens is 1. The molecule has 1 atom stereocenters. The van der Waals surface area contributed by atoms with Crippen molar-refractivity contribution in [1.29, 1.82) is 0 Å². The molecule has 32 heavy (non-hydrogen) atoms. The van der Waals surface area contributed by atoms with Crippen LogP contribution in [-0.2, 0) is 19.6 Å². The smallest absolute Gasteiger partial charge is 0.263 e. The van der Waals surface area contributed by atoms with Crippen molar-refractivity contribution in [2.45, 2.75) is 17.9 Å². The lowest BCUT2D eigenvalue weighted by atomic mass is 10.2. The quantitative estimate of drug-likeness (QED) is 0.603. The zero-order chi connectivity index (χ0) is 22.3. The molecule has 11 heteroatoms. The van der Waals surface area contributed by atoms with Gasteiger partial charge in [-0.1, -0.05) is 23.5 Å². The van der Waals surface area contributed by atoms with E-state index in [0.717, 1.165) is 28.4 Å². The maximum atomic E-state index is 12.7. The van der Waals surface area contributed by atoms with E-state index >= 15 is 0 Å². The van der Waals surface area contributed by atoms with E-state index < -0.39 is 16.1 Å². The van der Waals surface area contributed by atoms with Crippen LogP contribution in [0.3, 0.4) is 0 Å². The van der Waals surface area contributed by atoms with Gasteiger partial charge in [0.15, 0.2) is 5.13 Å². The van der Waals surface area contributed by atoms with Crippen molar-refractivity contribution >= 4 is 54.1 Å². The summed E-state index contributed by atoms with van der Waals surface area (Å²) in [5, 5.41) is 3.81. The van der Waals surface area contributed by atoms with Gasteiger partial charge in [0.2, 0.25) is 5.91 Å². The first-order valence-corrected chi connectivity index (χ1v) is 12.4. The molecule has 166 valence electrons.